The molecule has 2 rings (SSSR count). The van der Waals surface area contributed by atoms with E-state index >= 15 is 0 Å². The quantitative estimate of drug-likeness (QED) is 0.730. The van der Waals surface area contributed by atoms with Crippen molar-refractivity contribution in [3.63, 3.8) is 0 Å². The van der Waals surface area contributed by atoms with Crippen LogP contribution in [0.5, 0.6) is 0 Å². The lowest BCUT2D eigenvalue weighted by atomic mass is 10.1. The number of carbonyl (C=O) groups excluding carboxylic acids is 1. The maximum atomic E-state index is 11.6. The highest BCUT2D eigenvalue weighted by molar-refractivity contribution is 6.07. The van der Waals surface area contributed by atoms with E-state index in [-0.39, 0.29) is 5.56 Å². The summed E-state index contributed by atoms with van der Waals surface area (Å²) >= 11 is 0. The number of hydrogen-bond acceptors (Lipinski definition) is 4. The molecular formula is C13H14N2O3. The Morgan fingerprint density at radius 3 is 2.83 bits per heavy atom. The third kappa shape index (κ3) is 2.11. The van der Waals surface area contributed by atoms with Crippen molar-refractivity contribution in [3.05, 3.63) is 45.5 Å². The van der Waals surface area contributed by atoms with E-state index in [1.54, 1.807) is 32.3 Å². The normalized spacial score (nSPS) is 14.2. The third-order valence-electron chi connectivity index (χ3n) is 2.83. The average Bonchev–Trinajstić information content (AvgIpc) is 2.84. The van der Waals surface area contributed by atoms with Crippen LogP contribution in [0.3, 0.4) is 0 Å². The number of rotatable bonds is 2. The maximum absolute atomic E-state index is 11.6. The monoisotopic (exact) mass is 246 g/mol. The van der Waals surface area contributed by atoms with Crippen molar-refractivity contribution in [2.45, 2.75) is 13.3 Å². The summed E-state index contributed by atoms with van der Waals surface area (Å²) in [5, 5.41) is 0. The van der Waals surface area contributed by atoms with Gasteiger partial charge in [0.15, 0.2) is 0 Å². The Hall–Kier alpha value is -2.17. The molecule has 0 unspecified atom stereocenters. The van der Waals surface area contributed by atoms with Crippen molar-refractivity contribution in [2.24, 2.45) is 12.0 Å². The fourth-order valence-corrected chi connectivity index (χ4v) is 1.88. The second-order valence-corrected chi connectivity index (χ2v) is 4.17. The fraction of sp³-hybridized carbons (Fsp3) is 0.308. The minimum absolute atomic E-state index is 0.0292. The highest BCUT2D eigenvalue weighted by Crippen LogP contribution is 2.17. The van der Waals surface area contributed by atoms with Gasteiger partial charge in [0.05, 0.1) is 12.8 Å². The first-order chi connectivity index (χ1) is 8.52. The topological polar surface area (TPSA) is 60.7 Å². The van der Waals surface area contributed by atoms with Crippen LogP contribution in [0.4, 0.5) is 0 Å². The molecule has 0 spiro atoms. The predicted molar refractivity (Wildman–Crippen MR) is 67.7 cm³/mol. The predicted octanol–water partition coefficient (Wildman–Crippen LogP) is 0.943. The van der Waals surface area contributed by atoms with E-state index in [4.69, 9.17) is 0 Å². The van der Waals surface area contributed by atoms with Gasteiger partial charge in [0.1, 0.15) is 5.70 Å². The molecule has 0 bridgehead atoms. The van der Waals surface area contributed by atoms with Crippen LogP contribution < -0.4 is 5.56 Å². The molecule has 18 heavy (non-hydrogen) atoms. The third-order valence-corrected chi connectivity index (χ3v) is 2.83. The number of aliphatic imine (C=N–C) groups is 1. The van der Waals surface area contributed by atoms with E-state index in [1.807, 2.05) is 0 Å². The molecule has 1 aliphatic rings. The average molecular weight is 246 g/mol. The smallest absolute Gasteiger partial charge is 0.356 e. The number of aromatic nitrogens is 1. The molecule has 0 aliphatic carbocycles. The van der Waals surface area contributed by atoms with Gasteiger partial charge in [-0.05, 0) is 19.1 Å². The number of methoxy groups -OCH3 is 1. The van der Waals surface area contributed by atoms with Crippen molar-refractivity contribution in [1.29, 1.82) is 0 Å². The Kier molecular flexibility index (Phi) is 3.14. The molecule has 0 saturated heterocycles. The van der Waals surface area contributed by atoms with Gasteiger partial charge in [0, 0.05) is 30.8 Å². The maximum Gasteiger partial charge on any atom is 0.356 e. The zero-order chi connectivity index (χ0) is 13.3. The molecule has 94 valence electrons. The molecule has 2 heterocycles. The van der Waals surface area contributed by atoms with Crippen molar-refractivity contribution in [1.82, 2.24) is 4.57 Å². The Bertz CT molecular complexity index is 597. The van der Waals surface area contributed by atoms with Crippen LogP contribution in [-0.4, -0.2) is 23.4 Å². The van der Waals surface area contributed by atoms with E-state index in [9.17, 15) is 9.59 Å². The first-order valence-electron chi connectivity index (χ1n) is 5.56. The molecule has 0 fully saturated rings. The van der Waals surface area contributed by atoms with E-state index in [0.29, 0.717) is 17.7 Å². The molecule has 0 aromatic carbocycles. The summed E-state index contributed by atoms with van der Waals surface area (Å²) in [6.45, 7) is 1.76. The Balaban J connectivity index is 2.36. The van der Waals surface area contributed by atoms with Gasteiger partial charge in [-0.2, -0.15) is 0 Å². The van der Waals surface area contributed by atoms with Crippen LogP contribution in [0.1, 0.15) is 17.5 Å². The Morgan fingerprint density at radius 2 is 2.22 bits per heavy atom. The van der Waals surface area contributed by atoms with Crippen molar-refractivity contribution < 1.29 is 9.53 Å². The van der Waals surface area contributed by atoms with E-state index < -0.39 is 5.97 Å². The molecule has 1 aromatic rings. The number of aryl methyl sites for hydroxylation is 2. The minimum Gasteiger partial charge on any atom is -0.464 e. The van der Waals surface area contributed by atoms with Gasteiger partial charge < -0.3 is 9.30 Å². The van der Waals surface area contributed by atoms with Crippen LogP contribution in [0, 0.1) is 6.92 Å². The molecule has 0 saturated carbocycles. The van der Waals surface area contributed by atoms with E-state index in [1.165, 1.54) is 11.7 Å². The zero-order valence-corrected chi connectivity index (χ0v) is 10.6. The summed E-state index contributed by atoms with van der Waals surface area (Å²) in [5.41, 5.74) is 2.57. The van der Waals surface area contributed by atoms with E-state index in [0.717, 1.165) is 11.3 Å². The number of allylic oxidation sites excluding steroid dienone is 1. The van der Waals surface area contributed by atoms with Gasteiger partial charge in [0.25, 0.3) is 5.56 Å². The first kappa shape index (κ1) is 12.3. The lowest BCUT2D eigenvalue weighted by Gasteiger charge is -2.05. The molecule has 1 aliphatic heterocycles. The molecule has 5 nitrogen and oxygen atoms in total. The fourth-order valence-electron chi connectivity index (χ4n) is 1.88. The number of nitrogens with zero attached hydrogens (tertiary/aromatic N) is 2. The van der Waals surface area contributed by atoms with Crippen molar-refractivity contribution in [3.8, 4) is 0 Å². The number of hydrogen-bond donors (Lipinski definition) is 0. The number of esters is 1. The highest BCUT2D eigenvalue weighted by atomic mass is 16.5. The summed E-state index contributed by atoms with van der Waals surface area (Å²) in [5.74, 6) is -0.438. The van der Waals surface area contributed by atoms with Gasteiger partial charge in [-0.25, -0.2) is 9.79 Å². The van der Waals surface area contributed by atoms with Gasteiger partial charge in [0.2, 0.25) is 0 Å². The van der Waals surface area contributed by atoms with Gasteiger partial charge in [-0.1, -0.05) is 0 Å². The molecule has 0 N–H and O–H groups in total. The van der Waals surface area contributed by atoms with Crippen LogP contribution in [-0.2, 0) is 16.6 Å². The SMILES string of the molecule is COC(=O)C1=CCC(c2cc(C)c(=O)n(C)c2)=N1. The van der Waals surface area contributed by atoms with Gasteiger partial charge in [-0.15, -0.1) is 0 Å². The highest BCUT2D eigenvalue weighted by Gasteiger charge is 2.17. The number of ether oxygens (including phenoxy) is 1. The molecule has 5 heteroatoms. The molecule has 0 atom stereocenters. The van der Waals surface area contributed by atoms with Gasteiger partial charge >= 0.3 is 5.97 Å². The Labute approximate surface area is 104 Å². The lowest BCUT2D eigenvalue weighted by molar-refractivity contribution is -0.136. The van der Waals surface area contributed by atoms with Crippen LogP contribution in [0.25, 0.3) is 0 Å². The van der Waals surface area contributed by atoms with Crippen molar-refractivity contribution >= 4 is 11.7 Å². The first-order valence-corrected chi connectivity index (χ1v) is 5.56. The summed E-state index contributed by atoms with van der Waals surface area (Å²) in [6.07, 6.45) is 4.02. The summed E-state index contributed by atoms with van der Waals surface area (Å²) < 4.78 is 6.13. The number of pyridine rings is 1. The standard InChI is InChI=1S/C13H14N2O3/c1-8-6-9(7-15(2)12(8)16)10-4-5-11(14-10)13(17)18-3/h5-7H,4H2,1-3H3. The van der Waals surface area contributed by atoms with E-state index in [2.05, 4.69) is 9.73 Å². The summed E-state index contributed by atoms with van der Waals surface area (Å²) in [4.78, 5) is 27.1. The zero-order valence-electron chi connectivity index (χ0n) is 10.6. The molecule has 0 radical (unpaired) electrons. The van der Waals surface area contributed by atoms with Gasteiger partial charge in [-0.3, -0.25) is 4.79 Å². The molecule has 0 amide bonds. The second-order valence-electron chi connectivity index (χ2n) is 4.17. The summed E-state index contributed by atoms with van der Waals surface area (Å²) in [6, 6.07) is 1.79. The largest absolute Gasteiger partial charge is 0.464 e. The lowest BCUT2D eigenvalue weighted by Crippen LogP contribution is -2.20. The minimum atomic E-state index is -0.438. The Morgan fingerprint density at radius 1 is 1.50 bits per heavy atom. The van der Waals surface area contributed by atoms with Crippen LogP contribution in [0.15, 0.2) is 33.8 Å². The molecular weight excluding hydrogens is 232 g/mol. The summed E-state index contributed by atoms with van der Waals surface area (Å²) in [7, 11) is 3.02. The van der Waals surface area contributed by atoms with Crippen LogP contribution in [0.2, 0.25) is 0 Å². The second kappa shape index (κ2) is 4.60. The van der Waals surface area contributed by atoms with Crippen LogP contribution >= 0.6 is 0 Å². The molecule has 1 aromatic heterocycles. The van der Waals surface area contributed by atoms with Crippen molar-refractivity contribution in [2.75, 3.05) is 7.11 Å². The number of carbonyl (C=O) groups is 1.